The Labute approximate surface area is 102 Å². The molecule has 0 saturated carbocycles. The molecule has 0 bridgehead atoms. The molecule has 0 aliphatic carbocycles. The van der Waals surface area contributed by atoms with Crippen molar-refractivity contribution in [2.24, 2.45) is 0 Å². The summed E-state index contributed by atoms with van der Waals surface area (Å²) in [7, 11) is 0. The number of hydrogen-bond donors (Lipinski definition) is 2. The van der Waals surface area contributed by atoms with Crippen molar-refractivity contribution in [3.8, 4) is 0 Å². The van der Waals surface area contributed by atoms with Gasteiger partial charge in [0.2, 0.25) is 0 Å². The average molecular weight is 251 g/mol. The molecule has 2 rings (SSSR count). The molecule has 0 spiro atoms. The summed E-state index contributed by atoms with van der Waals surface area (Å²) < 4.78 is 1.56. The van der Waals surface area contributed by atoms with Gasteiger partial charge in [0.25, 0.3) is 0 Å². The van der Waals surface area contributed by atoms with Crippen LogP contribution in [0.25, 0.3) is 0 Å². The largest absolute Gasteiger partial charge is 0.476 e. The van der Waals surface area contributed by atoms with E-state index in [0.717, 1.165) is 11.3 Å². The van der Waals surface area contributed by atoms with Crippen LogP contribution in [0.4, 0.5) is 5.69 Å². The van der Waals surface area contributed by atoms with Crippen molar-refractivity contribution >= 4 is 23.0 Å². The maximum Gasteiger partial charge on any atom is 0.358 e. The molecule has 0 saturated heterocycles. The first kappa shape index (κ1) is 11.7. The molecule has 0 radical (unpaired) electrons. The molecule has 2 heterocycles. The predicted octanol–water partition coefficient (Wildman–Crippen LogP) is 1.84. The van der Waals surface area contributed by atoms with Crippen LogP contribution in [0.1, 0.15) is 27.2 Å². The Hall–Kier alpha value is -1.82. The van der Waals surface area contributed by atoms with Gasteiger partial charge in [0.15, 0.2) is 5.69 Å². The Morgan fingerprint density at radius 3 is 2.76 bits per heavy atom. The van der Waals surface area contributed by atoms with Crippen LogP contribution in [-0.2, 0) is 13.0 Å². The number of aryl methyl sites for hydroxylation is 1. The van der Waals surface area contributed by atoms with Crippen LogP contribution in [0.3, 0.4) is 0 Å². The van der Waals surface area contributed by atoms with Gasteiger partial charge in [-0.3, -0.25) is 4.68 Å². The first-order valence-corrected chi connectivity index (χ1v) is 6.05. The standard InChI is InChI=1S/C11H13N3O2S/c1-2-7-3-4-8(17-7)5-14-6-9(12)10(13-14)11(15)16/h3-4,6H,2,5,12H2,1H3,(H,15,16). The van der Waals surface area contributed by atoms with Crippen molar-refractivity contribution in [1.82, 2.24) is 9.78 Å². The van der Waals surface area contributed by atoms with Gasteiger partial charge in [-0.25, -0.2) is 4.79 Å². The van der Waals surface area contributed by atoms with Crippen LogP contribution in [0, 0.1) is 0 Å². The summed E-state index contributed by atoms with van der Waals surface area (Å²) in [6, 6.07) is 4.10. The fourth-order valence-electron chi connectivity index (χ4n) is 1.54. The number of nitrogens with two attached hydrogens (primary N) is 1. The van der Waals surface area contributed by atoms with Crippen LogP contribution in [0.2, 0.25) is 0 Å². The van der Waals surface area contributed by atoms with E-state index >= 15 is 0 Å². The Morgan fingerprint density at radius 2 is 2.24 bits per heavy atom. The van der Waals surface area contributed by atoms with Gasteiger partial charge in [0.1, 0.15) is 0 Å². The van der Waals surface area contributed by atoms with Crippen LogP contribution >= 0.6 is 11.3 Å². The molecule has 0 aliphatic rings. The van der Waals surface area contributed by atoms with Gasteiger partial charge in [0, 0.05) is 16.0 Å². The van der Waals surface area contributed by atoms with Crippen LogP contribution in [-0.4, -0.2) is 20.9 Å². The molecule has 0 aromatic carbocycles. The first-order valence-electron chi connectivity index (χ1n) is 5.24. The molecular formula is C11H13N3O2S. The second-order valence-electron chi connectivity index (χ2n) is 3.66. The number of carboxylic acid groups (broad SMARTS) is 1. The number of carbonyl (C=O) groups is 1. The van der Waals surface area contributed by atoms with Crippen molar-refractivity contribution in [3.63, 3.8) is 0 Å². The average Bonchev–Trinajstić information content (AvgIpc) is 2.85. The third-order valence-corrected chi connectivity index (χ3v) is 3.59. The number of hydrogen-bond acceptors (Lipinski definition) is 4. The highest BCUT2D eigenvalue weighted by Gasteiger charge is 2.13. The van der Waals surface area contributed by atoms with Crippen molar-refractivity contribution in [2.45, 2.75) is 19.9 Å². The minimum atomic E-state index is -1.10. The fraction of sp³-hybridized carbons (Fsp3) is 0.273. The maximum atomic E-state index is 10.8. The van der Waals surface area contributed by atoms with Crippen LogP contribution in [0.15, 0.2) is 18.3 Å². The Balaban J connectivity index is 2.18. The van der Waals surface area contributed by atoms with Gasteiger partial charge in [-0.2, -0.15) is 5.10 Å². The highest BCUT2D eigenvalue weighted by atomic mass is 32.1. The van der Waals surface area contributed by atoms with Gasteiger partial charge in [0.05, 0.1) is 12.2 Å². The molecule has 0 fully saturated rings. The topological polar surface area (TPSA) is 81.1 Å². The van der Waals surface area contributed by atoms with Crippen molar-refractivity contribution in [1.29, 1.82) is 0 Å². The van der Waals surface area contributed by atoms with Gasteiger partial charge < -0.3 is 10.8 Å². The normalized spacial score (nSPS) is 10.6. The van der Waals surface area contributed by atoms with Gasteiger partial charge in [-0.05, 0) is 18.6 Å². The van der Waals surface area contributed by atoms with Crippen molar-refractivity contribution in [3.05, 3.63) is 33.8 Å². The summed E-state index contributed by atoms with van der Waals surface area (Å²) >= 11 is 1.70. The Kier molecular flexibility index (Phi) is 3.14. The number of aromatic nitrogens is 2. The van der Waals surface area contributed by atoms with Crippen molar-refractivity contribution in [2.75, 3.05) is 5.73 Å². The molecule has 17 heavy (non-hydrogen) atoms. The summed E-state index contributed by atoms with van der Waals surface area (Å²) in [6.45, 7) is 2.66. The Morgan fingerprint density at radius 1 is 1.53 bits per heavy atom. The van der Waals surface area contributed by atoms with E-state index in [2.05, 4.69) is 18.1 Å². The lowest BCUT2D eigenvalue weighted by atomic mass is 10.3. The SMILES string of the molecule is CCc1ccc(Cn2cc(N)c(C(=O)O)n2)s1. The molecule has 90 valence electrons. The fourth-order valence-corrected chi connectivity index (χ4v) is 2.49. The lowest BCUT2D eigenvalue weighted by Gasteiger charge is -1.96. The van der Waals surface area contributed by atoms with Gasteiger partial charge >= 0.3 is 5.97 Å². The molecule has 3 N–H and O–H groups in total. The van der Waals surface area contributed by atoms with E-state index in [4.69, 9.17) is 10.8 Å². The quantitative estimate of drug-likeness (QED) is 0.868. The monoisotopic (exact) mass is 251 g/mol. The summed E-state index contributed by atoms with van der Waals surface area (Å²) in [5.74, 6) is -1.10. The van der Waals surface area contributed by atoms with E-state index in [1.54, 1.807) is 22.2 Å². The molecular weight excluding hydrogens is 238 g/mol. The number of nitrogens with zero attached hydrogens (tertiary/aromatic N) is 2. The minimum Gasteiger partial charge on any atom is -0.476 e. The number of carboxylic acids is 1. The third-order valence-electron chi connectivity index (χ3n) is 2.38. The highest BCUT2D eigenvalue weighted by Crippen LogP contribution is 2.19. The second kappa shape index (κ2) is 4.58. The number of aromatic carboxylic acids is 1. The number of anilines is 1. The van der Waals surface area contributed by atoms with E-state index in [9.17, 15) is 4.79 Å². The van der Waals surface area contributed by atoms with Crippen LogP contribution < -0.4 is 5.73 Å². The highest BCUT2D eigenvalue weighted by molar-refractivity contribution is 7.11. The van der Waals surface area contributed by atoms with Crippen molar-refractivity contribution < 1.29 is 9.90 Å². The zero-order valence-electron chi connectivity index (χ0n) is 9.38. The summed E-state index contributed by atoms with van der Waals surface area (Å²) in [5.41, 5.74) is 5.68. The summed E-state index contributed by atoms with van der Waals surface area (Å²) in [5, 5.41) is 12.8. The van der Waals surface area contributed by atoms with Gasteiger partial charge in [-0.15, -0.1) is 11.3 Å². The molecule has 2 aromatic rings. The first-order chi connectivity index (χ1) is 8.10. The lowest BCUT2D eigenvalue weighted by molar-refractivity contribution is 0.0690. The zero-order valence-corrected chi connectivity index (χ0v) is 10.2. The summed E-state index contributed by atoms with van der Waals surface area (Å²) in [4.78, 5) is 13.2. The van der Waals surface area contributed by atoms with E-state index in [0.29, 0.717) is 6.54 Å². The molecule has 0 amide bonds. The van der Waals surface area contributed by atoms with Crippen LogP contribution in [0.5, 0.6) is 0 Å². The maximum absolute atomic E-state index is 10.8. The molecule has 0 aliphatic heterocycles. The van der Waals surface area contributed by atoms with E-state index in [1.807, 2.05) is 6.07 Å². The van der Waals surface area contributed by atoms with E-state index in [1.165, 1.54) is 4.88 Å². The smallest absolute Gasteiger partial charge is 0.358 e. The van der Waals surface area contributed by atoms with E-state index in [-0.39, 0.29) is 11.4 Å². The number of nitrogen functional groups attached to an aromatic ring is 1. The molecule has 5 nitrogen and oxygen atoms in total. The third kappa shape index (κ3) is 2.47. The number of thiophene rings is 1. The molecule has 0 unspecified atom stereocenters. The molecule has 0 atom stereocenters. The second-order valence-corrected chi connectivity index (χ2v) is 4.91. The molecule has 2 aromatic heterocycles. The van der Waals surface area contributed by atoms with Gasteiger partial charge in [-0.1, -0.05) is 6.92 Å². The summed E-state index contributed by atoms with van der Waals surface area (Å²) in [6.07, 6.45) is 2.56. The zero-order chi connectivity index (χ0) is 12.4. The predicted molar refractivity (Wildman–Crippen MR) is 66.4 cm³/mol. The minimum absolute atomic E-state index is 0.0859. The Bertz CT molecular complexity index is 545. The molecule has 6 heteroatoms. The van der Waals surface area contributed by atoms with E-state index < -0.39 is 5.97 Å². The number of rotatable bonds is 4. The lowest BCUT2D eigenvalue weighted by Crippen LogP contribution is -2.03.